The summed E-state index contributed by atoms with van der Waals surface area (Å²) in [6.07, 6.45) is 0. The first-order valence-corrected chi connectivity index (χ1v) is 6.19. The average molecular weight is 270 g/mol. The molecule has 0 saturated heterocycles. The van der Waals surface area contributed by atoms with Gasteiger partial charge in [0.15, 0.2) is 0 Å². The monoisotopic (exact) mass is 269 g/mol. The summed E-state index contributed by atoms with van der Waals surface area (Å²) >= 11 is 3.38. The van der Waals surface area contributed by atoms with Crippen molar-refractivity contribution in [2.75, 3.05) is 6.54 Å². The number of halogens is 1. The number of amides is 1. The van der Waals surface area contributed by atoms with Crippen molar-refractivity contribution >= 4 is 21.8 Å². The minimum Gasteiger partial charge on any atom is -0.352 e. The topological polar surface area (TPSA) is 29.1 Å². The third-order valence-electron chi connectivity index (χ3n) is 2.08. The molecule has 15 heavy (non-hydrogen) atoms. The van der Waals surface area contributed by atoms with Crippen molar-refractivity contribution in [3.63, 3.8) is 0 Å². The first-order valence-electron chi connectivity index (χ1n) is 5.07. The van der Waals surface area contributed by atoms with Gasteiger partial charge in [-0.25, -0.2) is 0 Å². The lowest BCUT2D eigenvalue weighted by atomic mass is 10.1. The van der Waals surface area contributed by atoms with Crippen molar-refractivity contribution in [3.05, 3.63) is 35.4 Å². The number of alkyl halides is 1. The molecule has 1 N–H and O–H groups in total. The summed E-state index contributed by atoms with van der Waals surface area (Å²) in [6.45, 7) is 4.88. The molecule has 0 spiro atoms. The summed E-state index contributed by atoms with van der Waals surface area (Å²) in [4.78, 5) is 11.8. The van der Waals surface area contributed by atoms with Crippen LogP contribution in [0.15, 0.2) is 24.3 Å². The molecule has 0 heterocycles. The van der Waals surface area contributed by atoms with Crippen LogP contribution < -0.4 is 5.32 Å². The highest BCUT2D eigenvalue weighted by molar-refractivity contribution is 9.08. The lowest BCUT2D eigenvalue weighted by Crippen LogP contribution is -2.28. The van der Waals surface area contributed by atoms with E-state index in [0.29, 0.717) is 11.2 Å². The van der Waals surface area contributed by atoms with Crippen molar-refractivity contribution in [3.8, 4) is 0 Å². The Morgan fingerprint density at radius 2 is 2.07 bits per heavy atom. The van der Waals surface area contributed by atoms with Crippen LogP contribution in [0.25, 0.3) is 0 Å². The molecule has 0 aromatic heterocycles. The van der Waals surface area contributed by atoms with Gasteiger partial charge in [0, 0.05) is 17.4 Å². The second-order valence-corrected chi connectivity index (χ2v) is 4.46. The summed E-state index contributed by atoms with van der Waals surface area (Å²) < 4.78 is 0. The molecule has 0 atom stereocenters. The van der Waals surface area contributed by atoms with Crippen LogP contribution in [0.5, 0.6) is 0 Å². The molecule has 0 fully saturated rings. The van der Waals surface area contributed by atoms with Gasteiger partial charge in [-0.05, 0) is 17.5 Å². The molecule has 0 bridgehead atoms. The van der Waals surface area contributed by atoms with Crippen molar-refractivity contribution in [2.24, 2.45) is 5.92 Å². The van der Waals surface area contributed by atoms with E-state index in [2.05, 4.69) is 35.1 Å². The Hall–Kier alpha value is -0.830. The largest absolute Gasteiger partial charge is 0.352 e. The molecule has 1 aromatic carbocycles. The summed E-state index contributed by atoms with van der Waals surface area (Å²) in [7, 11) is 0. The zero-order chi connectivity index (χ0) is 11.3. The molecule has 0 unspecified atom stereocenters. The number of benzene rings is 1. The van der Waals surface area contributed by atoms with Crippen LogP contribution in [-0.4, -0.2) is 12.5 Å². The first-order chi connectivity index (χ1) is 7.15. The number of rotatable bonds is 4. The maximum absolute atomic E-state index is 11.8. The highest BCUT2D eigenvalue weighted by Crippen LogP contribution is 2.12. The van der Waals surface area contributed by atoms with Gasteiger partial charge in [-0.2, -0.15) is 0 Å². The molecule has 1 rings (SSSR count). The summed E-state index contributed by atoms with van der Waals surface area (Å²) in [5, 5.41) is 3.62. The van der Waals surface area contributed by atoms with Gasteiger partial charge in [-0.3, -0.25) is 4.79 Å². The van der Waals surface area contributed by atoms with Gasteiger partial charge < -0.3 is 5.32 Å². The van der Waals surface area contributed by atoms with E-state index in [-0.39, 0.29) is 5.91 Å². The molecule has 0 aliphatic heterocycles. The van der Waals surface area contributed by atoms with Gasteiger partial charge in [0.05, 0.1) is 0 Å². The minimum atomic E-state index is 0.0127. The first kappa shape index (κ1) is 12.2. The van der Waals surface area contributed by atoms with Gasteiger partial charge in [0.2, 0.25) is 0 Å². The second-order valence-electron chi connectivity index (χ2n) is 3.89. The molecular formula is C12H16BrNO. The van der Waals surface area contributed by atoms with Crippen LogP contribution in [0.4, 0.5) is 0 Å². The fourth-order valence-corrected chi connectivity index (χ4v) is 1.74. The highest BCUT2D eigenvalue weighted by Gasteiger charge is 2.09. The van der Waals surface area contributed by atoms with Gasteiger partial charge in [0.1, 0.15) is 0 Å². The fourth-order valence-electron chi connectivity index (χ4n) is 1.25. The standard InChI is InChI=1S/C12H16BrNO/c1-9(2)8-14-12(15)11-6-4-3-5-10(11)7-13/h3-6,9H,7-8H2,1-2H3,(H,14,15). The Bertz CT molecular complexity index is 336. The molecule has 0 aliphatic rings. The van der Waals surface area contributed by atoms with E-state index in [1.807, 2.05) is 24.3 Å². The lowest BCUT2D eigenvalue weighted by Gasteiger charge is -2.09. The third-order valence-corrected chi connectivity index (χ3v) is 2.68. The Kier molecular flexibility index (Phi) is 4.82. The van der Waals surface area contributed by atoms with Crippen LogP contribution in [-0.2, 0) is 5.33 Å². The molecule has 0 radical (unpaired) electrons. The molecule has 0 aliphatic carbocycles. The van der Waals surface area contributed by atoms with Crippen LogP contribution in [0.3, 0.4) is 0 Å². The molecule has 2 nitrogen and oxygen atoms in total. The molecule has 0 saturated carbocycles. The molecule has 3 heteroatoms. The van der Waals surface area contributed by atoms with Crippen LogP contribution >= 0.6 is 15.9 Å². The van der Waals surface area contributed by atoms with Crippen molar-refractivity contribution in [2.45, 2.75) is 19.2 Å². The van der Waals surface area contributed by atoms with E-state index in [9.17, 15) is 4.79 Å². The minimum absolute atomic E-state index is 0.0127. The Morgan fingerprint density at radius 1 is 1.40 bits per heavy atom. The van der Waals surface area contributed by atoms with Crippen molar-refractivity contribution < 1.29 is 4.79 Å². The van der Waals surface area contributed by atoms with Gasteiger partial charge in [0.25, 0.3) is 5.91 Å². The van der Waals surface area contributed by atoms with Gasteiger partial charge >= 0.3 is 0 Å². The normalized spacial score (nSPS) is 10.4. The van der Waals surface area contributed by atoms with Gasteiger partial charge in [-0.1, -0.05) is 48.0 Å². The Balaban J connectivity index is 2.72. The van der Waals surface area contributed by atoms with E-state index in [4.69, 9.17) is 0 Å². The maximum atomic E-state index is 11.8. The predicted octanol–water partition coefficient (Wildman–Crippen LogP) is 2.97. The van der Waals surface area contributed by atoms with Crippen molar-refractivity contribution in [1.82, 2.24) is 5.32 Å². The second kappa shape index (κ2) is 5.91. The number of hydrogen-bond acceptors (Lipinski definition) is 1. The average Bonchev–Trinajstić information content (AvgIpc) is 2.25. The quantitative estimate of drug-likeness (QED) is 0.837. The third kappa shape index (κ3) is 3.67. The van der Waals surface area contributed by atoms with E-state index in [0.717, 1.165) is 17.7 Å². The predicted molar refractivity (Wildman–Crippen MR) is 66.2 cm³/mol. The SMILES string of the molecule is CC(C)CNC(=O)c1ccccc1CBr. The molecular weight excluding hydrogens is 254 g/mol. The Morgan fingerprint density at radius 3 is 2.67 bits per heavy atom. The number of nitrogens with one attached hydrogen (secondary N) is 1. The molecule has 1 amide bonds. The van der Waals surface area contributed by atoms with Crippen LogP contribution in [0.2, 0.25) is 0 Å². The molecule has 1 aromatic rings. The van der Waals surface area contributed by atoms with E-state index < -0.39 is 0 Å². The number of carbonyl (C=O) groups is 1. The zero-order valence-electron chi connectivity index (χ0n) is 9.09. The van der Waals surface area contributed by atoms with Crippen LogP contribution in [0, 0.1) is 5.92 Å². The summed E-state index contributed by atoms with van der Waals surface area (Å²) in [6, 6.07) is 7.64. The summed E-state index contributed by atoms with van der Waals surface area (Å²) in [5.74, 6) is 0.490. The lowest BCUT2D eigenvalue weighted by molar-refractivity contribution is 0.0948. The van der Waals surface area contributed by atoms with Crippen molar-refractivity contribution in [1.29, 1.82) is 0 Å². The van der Waals surface area contributed by atoms with E-state index >= 15 is 0 Å². The zero-order valence-corrected chi connectivity index (χ0v) is 10.7. The Labute approximate surface area is 99.2 Å². The maximum Gasteiger partial charge on any atom is 0.251 e. The van der Waals surface area contributed by atoms with E-state index in [1.165, 1.54) is 0 Å². The highest BCUT2D eigenvalue weighted by atomic mass is 79.9. The summed E-state index contributed by atoms with van der Waals surface area (Å²) in [5.41, 5.74) is 1.79. The fraction of sp³-hybridized carbons (Fsp3) is 0.417. The van der Waals surface area contributed by atoms with E-state index in [1.54, 1.807) is 0 Å². The van der Waals surface area contributed by atoms with Crippen LogP contribution in [0.1, 0.15) is 29.8 Å². The molecule has 82 valence electrons. The van der Waals surface area contributed by atoms with Gasteiger partial charge in [-0.15, -0.1) is 0 Å². The number of hydrogen-bond donors (Lipinski definition) is 1. The number of carbonyl (C=O) groups excluding carboxylic acids is 1. The smallest absolute Gasteiger partial charge is 0.251 e.